The second kappa shape index (κ2) is 12.1. The fraction of sp³-hybridized carbons (Fsp3) is 0.156. The summed E-state index contributed by atoms with van der Waals surface area (Å²) in [6.07, 6.45) is 1.25. The molecule has 41 heavy (non-hydrogen) atoms. The Hall–Kier alpha value is -4.89. The Morgan fingerprint density at radius 3 is 2.51 bits per heavy atom. The molecule has 0 atom stereocenters. The first-order valence-corrected chi connectivity index (χ1v) is 13.8. The van der Waals surface area contributed by atoms with E-state index in [0.717, 1.165) is 16.7 Å². The molecule has 0 aliphatic heterocycles. The van der Waals surface area contributed by atoms with Crippen molar-refractivity contribution in [1.29, 1.82) is 0 Å². The minimum Gasteiger partial charge on any atom is -0.484 e. The maximum atomic E-state index is 12.9. The number of amides is 1. The van der Waals surface area contributed by atoms with E-state index in [1.165, 1.54) is 23.7 Å². The number of hydrogen-bond donors (Lipinski definition) is 1. The first-order chi connectivity index (χ1) is 19.8. The van der Waals surface area contributed by atoms with Crippen molar-refractivity contribution < 1.29 is 28.2 Å². The van der Waals surface area contributed by atoms with E-state index < -0.39 is 11.9 Å². The first kappa shape index (κ1) is 27.7. The van der Waals surface area contributed by atoms with Gasteiger partial charge in [0.15, 0.2) is 6.61 Å². The standard InChI is InChI=1S/C32H27NO7S/c1-4-37-32(36)29-25(21-10-8-19(2)9-11-21)18-41-31(29)33-28(34)17-38-22-12-13-24-26(15-22)39-16-27(30(24)35)40-23-7-5-6-20(3)14-23/h5-16,18H,4,17H2,1-3H3,(H,33,34). The monoisotopic (exact) mass is 569 g/mol. The number of benzene rings is 3. The van der Waals surface area contributed by atoms with E-state index in [2.05, 4.69) is 5.32 Å². The number of carbonyl (C=O) groups is 2. The van der Waals surface area contributed by atoms with Crippen LogP contribution in [0.15, 0.2) is 87.6 Å². The number of esters is 1. The van der Waals surface area contributed by atoms with Crippen molar-refractivity contribution in [2.24, 2.45) is 0 Å². The minimum atomic E-state index is -0.518. The lowest BCUT2D eigenvalue weighted by Crippen LogP contribution is -2.21. The average molecular weight is 570 g/mol. The zero-order valence-electron chi connectivity index (χ0n) is 22.7. The number of carbonyl (C=O) groups excluding carboxylic acids is 2. The third-order valence-corrected chi connectivity index (χ3v) is 7.08. The molecular weight excluding hydrogens is 542 g/mol. The SMILES string of the molecule is CCOC(=O)c1c(-c2ccc(C)cc2)csc1NC(=O)COc1ccc2c(=O)c(Oc3cccc(C)c3)coc2c1. The molecular formula is C32H27NO7S. The van der Waals surface area contributed by atoms with Gasteiger partial charge in [0.25, 0.3) is 5.91 Å². The van der Waals surface area contributed by atoms with Gasteiger partial charge in [0.05, 0.1) is 12.0 Å². The lowest BCUT2D eigenvalue weighted by Gasteiger charge is -2.10. The summed E-state index contributed by atoms with van der Waals surface area (Å²) < 4.78 is 22.3. The van der Waals surface area contributed by atoms with Crippen molar-refractivity contribution in [2.45, 2.75) is 20.8 Å². The molecule has 0 aliphatic rings. The van der Waals surface area contributed by atoms with Crippen LogP contribution in [0.2, 0.25) is 0 Å². The molecule has 0 aliphatic carbocycles. The predicted molar refractivity (Wildman–Crippen MR) is 158 cm³/mol. The second-order valence-corrected chi connectivity index (χ2v) is 10.2. The highest BCUT2D eigenvalue weighted by atomic mass is 32.1. The summed E-state index contributed by atoms with van der Waals surface area (Å²) in [6.45, 7) is 5.52. The molecule has 0 spiro atoms. The maximum Gasteiger partial charge on any atom is 0.341 e. The van der Waals surface area contributed by atoms with E-state index in [0.29, 0.717) is 33.0 Å². The van der Waals surface area contributed by atoms with Crippen molar-refractivity contribution >= 4 is 39.2 Å². The molecule has 8 nitrogen and oxygen atoms in total. The topological polar surface area (TPSA) is 104 Å². The molecule has 0 bridgehead atoms. The Bertz CT molecular complexity index is 1790. The number of ether oxygens (including phenoxy) is 3. The van der Waals surface area contributed by atoms with E-state index in [1.807, 2.05) is 61.7 Å². The first-order valence-electron chi connectivity index (χ1n) is 12.9. The van der Waals surface area contributed by atoms with Crippen LogP contribution in [0.25, 0.3) is 22.1 Å². The van der Waals surface area contributed by atoms with Gasteiger partial charge in [-0.05, 0) is 56.2 Å². The summed E-state index contributed by atoms with van der Waals surface area (Å²) >= 11 is 1.24. The number of nitrogens with one attached hydrogen (secondary N) is 1. The van der Waals surface area contributed by atoms with Gasteiger partial charge >= 0.3 is 5.97 Å². The fourth-order valence-electron chi connectivity index (χ4n) is 4.17. The zero-order chi connectivity index (χ0) is 28.9. The van der Waals surface area contributed by atoms with Gasteiger partial charge in [-0.3, -0.25) is 9.59 Å². The molecule has 2 aromatic heterocycles. The third-order valence-electron chi connectivity index (χ3n) is 6.19. The summed E-state index contributed by atoms with van der Waals surface area (Å²) in [5, 5.41) is 5.27. The Kier molecular flexibility index (Phi) is 8.16. The van der Waals surface area contributed by atoms with Gasteiger partial charge in [0.2, 0.25) is 11.2 Å². The Morgan fingerprint density at radius 1 is 0.951 bits per heavy atom. The van der Waals surface area contributed by atoms with E-state index >= 15 is 0 Å². The van der Waals surface area contributed by atoms with Crippen molar-refractivity contribution in [3.05, 3.63) is 105 Å². The highest BCUT2D eigenvalue weighted by Gasteiger charge is 2.23. The molecule has 0 fully saturated rings. The molecule has 0 saturated carbocycles. The van der Waals surface area contributed by atoms with Gasteiger partial charge in [-0.15, -0.1) is 11.3 Å². The van der Waals surface area contributed by atoms with Crippen LogP contribution in [0.1, 0.15) is 28.4 Å². The third kappa shape index (κ3) is 6.31. The largest absolute Gasteiger partial charge is 0.484 e. The van der Waals surface area contributed by atoms with Gasteiger partial charge in [-0.25, -0.2) is 4.79 Å². The lowest BCUT2D eigenvalue weighted by atomic mass is 10.0. The number of rotatable bonds is 9. The molecule has 5 rings (SSSR count). The van der Waals surface area contributed by atoms with Crippen LogP contribution in [0, 0.1) is 13.8 Å². The fourth-order valence-corrected chi connectivity index (χ4v) is 5.14. The number of aryl methyl sites for hydroxylation is 2. The minimum absolute atomic E-state index is 0.0644. The number of fused-ring (bicyclic) bond motifs is 1. The zero-order valence-corrected chi connectivity index (χ0v) is 23.5. The van der Waals surface area contributed by atoms with Crippen LogP contribution < -0.4 is 20.2 Å². The van der Waals surface area contributed by atoms with Gasteiger partial charge in [0, 0.05) is 17.0 Å². The van der Waals surface area contributed by atoms with Gasteiger partial charge < -0.3 is 23.9 Å². The highest BCUT2D eigenvalue weighted by Crippen LogP contribution is 2.36. The molecule has 3 aromatic carbocycles. The molecule has 9 heteroatoms. The maximum absolute atomic E-state index is 12.9. The van der Waals surface area contributed by atoms with Gasteiger partial charge in [-0.1, -0.05) is 42.0 Å². The van der Waals surface area contributed by atoms with E-state index in [4.69, 9.17) is 18.6 Å². The Balaban J connectivity index is 1.29. The molecule has 0 saturated heterocycles. The normalized spacial score (nSPS) is 10.8. The molecule has 0 radical (unpaired) electrons. The summed E-state index contributed by atoms with van der Waals surface area (Å²) in [7, 11) is 0. The second-order valence-electron chi connectivity index (χ2n) is 9.28. The smallest absolute Gasteiger partial charge is 0.341 e. The summed E-state index contributed by atoms with van der Waals surface area (Å²) in [4.78, 5) is 38.5. The highest BCUT2D eigenvalue weighted by molar-refractivity contribution is 7.15. The van der Waals surface area contributed by atoms with Gasteiger partial charge in [-0.2, -0.15) is 0 Å². The van der Waals surface area contributed by atoms with E-state index in [1.54, 1.807) is 25.1 Å². The van der Waals surface area contributed by atoms with Crippen molar-refractivity contribution in [2.75, 3.05) is 18.5 Å². The lowest BCUT2D eigenvalue weighted by molar-refractivity contribution is -0.118. The van der Waals surface area contributed by atoms with Crippen LogP contribution in [0.5, 0.6) is 17.2 Å². The van der Waals surface area contributed by atoms with E-state index in [-0.39, 0.29) is 30.0 Å². The molecule has 5 aromatic rings. The number of anilines is 1. The summed E-state index contributed by atoms with van der Waals surface area (Å²) in [5.41, 5.74) is 3.88. The number of thiophene rings is 1. The van der Waals surface area contributed by atoms with Crippen LogP contribution in [0.4, 0.5) is 5.00 Å². The van der Waals surface area contributed by atoms with Crippen LogP contribution in [0.3, 0.4) is 0 Å². The number of hydrogen-bond acceptors (Lipinski definition) is 8. The van der Waals surface area contributed by atoms with Crippen molar-refractivity contribution in [1.82, 2.24) is 0 Å². The molecule has 208 valence electrons. The molecule has 0 unspecified atom stereocenters. The van der Waals surface area contributed by atoms with E-state index in [9.17, 15) is 14.4 Å². The summed E-state index contributed by atoms with van der Waals surface area (Å²) in [6, 6.07) is 19.8. The van der Waals surface area contributed by atoms with Crippen LogP contribution in [-0.4, -0.2) is 25.1 Å². The predicted octanol–water partition coefficient (Wildman–Crippen LogP) is 7.12. The molecule has 1 amide bonds. The van der Waals surface area contributed by atoms with Crippen LogP contribution >= 0.6 is 11.3 Å². The average Bonchev–Trinajstić information content (AvgIpc) is 3.37. The van der Waals surface area contributed by atoms with Crippen molar-refractivity contribution in [3.8, 4) is 28.4 Å². The Morgan fingerprint density at radius 2 is 1.76 bits per heavy atom. The van der Waals surface area contributed by atoms with Gasteiger partial charge in [0.1, 0.15) is 33.9 Å². The quantitative estimate of drug-likeness (QED) is 0.188. The Labute approximate surface area is 240 Å². The van der Waals surface area contributed by atoms with Crippen molar-refractivity contribution in [3.63, 3.8) is 0 Å². The molecule has 1 N–H and O–H groups in total. The van der Waals surface area contributed by atoms with Crippen LogP contribution in [-0.2, 0) is 9.53 Å². The summed E-state index contributed by atoms with van der Waals surface area (Å²) in [5.74, 6) is -0.0487. The molecule has 2 heterocycles.